The Hall–Kier alpha value is -1.55. The van der Waals surface area contributed by atoms with E-state index in [0.29, 0.717) is 6.61 Å². The quantitative estimate of drug-likeness (QED) is 0.689. The molecular formula is C11H14O4. The van der Waals surface area contributed by atoms with Gasteiger partial charge in [0.05, 0.1) is 20.8 Å². The van der Waals surface area contributed by atoms with Gasteiger partial charge in [0, 0.05) is 0 Å². The standard InChI is InChI=1S/C11H14O4/c1-13-10-5-3-4-9(6-10)7-15-8-11(12)14-2/h3-6H,7-8H2,1-2H3. The summed E-state index contributed by atoms with van der Waals surface area (Å²) in [5, 5.41) is 0. The lowest BCUT2D eigenvalue weighted by Crippen LogP contribution is -2.09. The molecule has 0 saturated heterocycles. The molecule has 0 unspecified atom stereocenters. The van der Waals surface area contributed by atoms with E-state index in [1.165, 1.54) is 7.11 Å². The first-order valence-corrected chi connectivity index (χ1v) is 4.53. The first kappa shape index (κ1) is 11.5. The molecule has 0 radical (unpaired) electrons. The van der Waals surface area contributed by atoms with Gasteiger partial charge in [-0.1, -0.05) is 12.1 Å². The van der Waals surface area contributed by atoms with Gasteiger partial charge in [0.1, 0.15) is 12.4 Å². The summed E-state index contributed by atoms with van der Waals surface area (Å²) in [6.45, 7) is 0.333. The molecule has 1 aromatic carbocycles. The molecule has 1 aromatic rings. The number of hydrogen-bond donors (Lipinski definition) is 0. The van der Waals surface area contributed by atoms with Crippen LogP contribution in [0, 0.1) is 0 Å². The summed E-state index contributed by atoms with van der Waals surface area (Å²) in [4.78, 5) is 10.8. The zero-order valence-electron chi connectivity index (χ0n) is 8.86. The smallest absolute Gasteiger partial charge is 0.331 e. The van der Waals surface area contributed by atoms with Crippen LogP contribution in [-0.4, -0.2) is 26.8 Å². The molecule has 0 N–H and O–H groups in total. The van der Waals surface area contributed by atoms with E-state index in [2.05, 4.69) is 4.74 Å². The molecule has 4 heteroatoms. The van der Waals surface area contributed by atoms with E-state index in [0.717, 1.165) is 11.3 Å². The zero-order chi connectivity index (χ0) is 11.1. The molecule has 0 aromatic heterocycles. The Morgan fingerprint density at radius 3 is 2.80 bits per heavy atom. The Morgan fingerprint density at radius 1 is 1.33 bits per heavy atom. The second-order valence-corrected chi connectivity index (χ2v) is 2.92. The lowest BCUT2D eigenvalue weighted by molar-refractivity contribution is -0.146. The van der Waals surface area contributed by atoms with Crippen LogP contribution in [0.5, 0.6) is 5.75 Å². The van der Waals surface area contributed by atoms with Crippen molar-refractivity contribution in [2.75, 3.05) is 20.8 Å². The second kappa shape index (κ2) is 6.03. The van der Waals surface area contributed by atoms with Crippen molar-refractivity contribution in [3.63, 3.8) is 0 Å². The number of methoxy groups -OCH3 is 2. The third-order valence-corrected chi connectivity index (χ3v) is 1.85. The summed E-state index contributed by atoms with van der Waals surface area (Å²) >= 11 is 0. The van der Waals surface area contributed by atoms with Crippen LogP contribution in [0.4, 0.5) is 0 Å². The van der Waals surface area contributed by atoms with E-state index in [9.17, 15) is 4.79 Å². The Labute approximate surface area is 88.8 Å². The number of carbonyl (C=O) groups excluding carboxylic acids is 1. The van der Waals surface area contributed by atoms with Gasteiger partial charge in [-0.05, 0) is 17.7 Å². The normalized spacial score (nSPS) is 9.73. The topological polar surface area (TPSA) is 44.8 Å². The SMILES string of the molecule is COC(=O)COCc1cccc(OC)c1. The summed E-state index contributed by atoms with van der Waals surface area (Å²) in [7, 11) is 2.94. The van der Waals surface area contributed by atoms with Gasteiger partial charge < -0.3 is 14.2 Å². The maximum absolute atomic E-state index is 10.8. The maximum atomic E-state index is 10.8. The molecule has 1 rings (SSSR count). The van der Waals surface area contributed by atoms with Gasteiger partial charge in [0.2, 0.25) is 0 Å². The fourth-order valence-corrected chi connectivity index (χ4v) is 1.07. The lowest BCUT2D eigenvalue weighted by Gasteiger charge is -2.05. The van der Waals surface area contributed by atoms with Gasteiger partial charge in [-0.25, -0.2) is 4.79 Å². The minimum Gasteiger partial charge on any atom is -0.497 e. The fraction of sp³-hybridized carbons (Fsp3) is 0.364. The van der Waals surface area contributed by atoms with Crippen LogP contribution < -0.4 is 4.74 Å². The van der Waals surface area contributed by atoms with Crippen molar-refractivity contribution in [3.8, 4) is 5.75 Å². The second-order valence-electron chi connectivity index (χ2n) is 2.92. The highest BCUT2D eigenvalue weighted by Gasteiger charge is 2.00. The molecule has 0 aliphatic carbocycles. The molecule has 0 fully saturated rings. The van der Waals surface area contributed by atoms with Crippen molar-refractivity contribution in [2.24, 2.45) is 0 Å². The van der Waals surface area contributed by atoms with E-state index in [-0.39, 0.29) is 12.6 Å². The number of benzene rings is 1. The lowest BCUT2D eigenvalue weighted by atomic mass is 10.2. The Balaban J connectivity index is 2.40. The molecule has 0 bridgehead atoms. The van der Waals surface area contributed by atoms with E-state index in [1.807, 2.05) is 24.3 Å². The third-order valence-electron chi connectivity index (χ3n) is 1.85. The van der Waals surface area contributed by atoms with Gasteiger partial charge in [-0.2, -0.15) is 0 Å². The zero-order valence-corrected chi connectivity index (χ0v) is 8.86. The summed E-state index contributed by atoms with van der Waals surface area (Å²) in [5.74, 6) is 0.395. The maximum Gasteiger partial charge on any atom is 0.331 e. The number of esters is 1. The highest BCUT2D eigenvalue weighted by Crippen LogP contribution is 2.12. The van der Waals surface area contributed by atoms with Gasteiger partial charge in [0.15, 0.2) is 0 Å². The molecule has 4 nitrogen and oxygen atoms in total. The summed E-state index contributed by atoms with van der Waals surface area (Å²) < 4.78 is 14.6. The monoisotopic (exact) mass is 210 g/mol. The van der Waals surface area contributed by atoms with Crippen molar-refractivity contribution >= 4 is 5.97 Å². The predicted octanol–water partition coefficient (Wildman–Crippen LogP) is 1.38. The molecule has 0 heterocycles. The molecular weight excluding hydrogens is 196 g/mol. The van der Waals surface area contributed by atoms with Crippen molar-refractivity contribution in [1.82, 2.24) is 0 Å². The van der Waals surface area contributed by atoms with Gasteiger partial charge in [-0.15, -0.1) is 0 Å². The molecule has 0 spiro atoms. The molecule has 82 valence electrons. The summed E-state index contributed by atoms with van der Waals surface area (Å²) in [6, 6.07) is 7.48. The Bertz CT molecular complexity index is 322. The Morgan fingerprint density at radius 2 is 2.13 bits per heavy atom. The van der Waals surface area contributed by atoms with Crippen LogP contribution in [0.15, 0.2) is 24.3 Å². The molecule has 0 saturated carbocycles. The Kier molecular flexibility index (Phi) is 4.63. The van der Waals surface area contributed by atoms with Crippen molar-refractivity contribution in [3.05, 3.63) is 29.8 Å². The van der Waals surface area contributed by atoms with Crippen LogP contribution in [0.3, 0.4) is 0 Å². The van der Waals surface area contributed by atoms with Crippen molar-refractivity contribution < 1.29 is 19.0 Å². The van der Waals surface area contributed by atoms with Crippen LogP contribution in [-0.2, 0) is 20.9 Å². The number of ether oxygens (including phenoxy) is 3. The first-order valence-electron chi connectivity index (χ1n) is 4.53. The number of hydrogen-bond acceptors (Lipinski definition) is 4. The van der Waals surface area contributed by atoms with Gasteiger partial charge in [-0.3, -0.25) is 0 Å². The van der Waals surface area contributed by atoms with E-state index in [4.69, 9.17) is 9.47 Å². The van der Waals surface area contributed by atoms with Crippen LogP contribution in [0.1, 0.15) is 5.56 Å². The summed E-state index contributed by atoms with van der Waals surface area (Å²) in [5.41, 5.74) is 0.957. The number of rotatable bonds is 5. The van der Waals surface area contributed by atoms with Crippen molar-refractivity contribution in [1.29, 1.82) is 0 Å². The van der Waals surface area contributed by atoms with Crippen LogP contribution in [0.25, 0.3) is 0 Å². The number of carbonyl (C=O) groups is 1. The molecule has 0 atom stereocenters. The summed E-state index contributed by atoms with van der Waals surface area (Å²) in [6.07, 6.45) is 0. The van der Waals surface area contributed by atoms with Crippen LogP contribution in [0.2, 0.25) is 0 Å². The third kappa shape index (κ3) is 3.99. The minimum absolute atomic E-state index is 0.0340. The van der Waals surface area contributed by atoms with E-state index in [1.54, 1.807) is 7.11 Å². The first-order chi connectivity index (χ1) is 7.26. The average Bonchev–Trinajstić information content (AvgIpc) is 2.29. The van der Waals surface area contributed by atoms with Gasteiger partial charge in [0.25, 0.3) is 0 Å². The van der Waals surface area contributed by atoms with E-state index < -0.39 is 0 Å². The van der Waals surface area contributed by atoms with E-state index >= 15 is 0 Å². The largest absolute Gasteiger partial charge is 0.497 e. The van der Waals surface area contributed by atoms with Crippen LogP contribution >= 0.6 is 0 Å². The highest BCUT2D eigenvalue weighted by atomic mass is 16.6. The fourth-order valence-electron chi connectivity index (χ4n) is 1.07. The molecule has 15 heavy (non-hydrogen) atoms. The van der Waals surface area contributed by atoms with Crippen molar-refractivity contribution in [2.45, 2.75) is 6.61 Å². The minimum atomic E-state index is -0.377. The highest BCUT2D eigenvalue weighted by molar-refractivity contribution is 5.70. The average molecular weight is 210 g/mol. The molecule has 0 amide bonds. The molecule has 0 aliphatic rings. The van der Waals surface area contributed by atoms with Gasteiger partial charge >= 0.3 is 5.97 Å². The predicted molar refractivity (Wildman–Crippen MR) is 54.7 cm³/mol. The molecule has 0 aliphatic heterocycles.